The fraction of sp³-hybridized carbons (Fsp3) is 0.222. The van der Waals surface area contributed by atoms with E-state index in [0.717, 1.165) is 10.2 Å². The van der Waals surface area contributed by atoms with Gasteiger partial charge in [0.15, 0.2) is 0 Å². The molecule has 0 unspecified atom stereocenters. The fourth-order valence-corrected chi connectivity index (χ4v) is 2.99. The molecule has 0 aliphatic carbocycles. The number of ether oxygens (including phenoxy) is 1. The number of non-ortho nitro benzene ring substituents is 1. The minimum Gasteiger partial charge on any atom is -0.461 e. The molecule has 0 bridgehead atoms. The summed E-state index contributed by atoms with van der Waals surface area (Å²) in [6.07, 6.45) is 0.106. The van der Waals surface area contributed by atoms with Crippen molar-refractivity contribution in [2.45, 2.75) is 13.0 Å². The van der Waals surface area contributed by atoms with Gasteiger partial charge in [0.2, 0.25) is 5.91 Å². The number of hydrogen-bond donors (Lipinski definition) is 0. The monoisotopic (exact) mass is 418 g/mol. The van der Waals surface area contributed by atoms with Crippen molar-refractivity contribution in [3.8, 4) is 0 Å². The Morgan fingerprint density at radius 1 is 1.19 bits per heavy atom. The third-order valence-corrected chi connectivity index (χ3v) is 4.65. The summed E-state index contributed by atoms with van der Waals surface area (Å²) in [5.74, 6) is -1.09. The van der Waals surface area contributed by atoms with E-state index < -0.39 is 16.8 Å². The van der Waals surface area contributed by atoms with Crippen LogP contribution in [-0.4, -0.2) is 23.3 Å². The van der Waals surface area contributed by atoms with Crippen molar-refractivity contribution < 1.29 is 19.2 Å². The summed E-state index contributed by atoms with van der Waals surface area (Å²) in [6, 6.07) is 13.1. The van der Waals surface area contributed by atoms with E-state index in [4.69, 9.17) is 4.74 Å². The molecule has 1 aliphatic heterocycles. The van der Waals surface area contributed by atoms with Crippen LogP contribution in [0, 0.1) is 16.0 Å². The lowest BCUT2D eigenvalue weighted by Gasteiger charge is -2.16. The third kappa shape index (κ3) is 4.08. The Morgan fingerprint density at radius 3 is 2.46 bits per heavy atom. The maximum atomic E-state index is 12.3. The Hall–Kier alpha value is -2.74. The molecule has 1 aliphatic rings. The number of benzene rings is 2. The summed E-state index contributed by atoms with van der Waals surface area (Å²) in [7, 11) is 0. The van der Waals surface area contributed by atoms with E-state index in [1.54, 1.807) is 17.0 Å². The summed E-state index contributed by atoms with van der Waals surface area (Å²) in [6.45, 7) is 0.291. The molecule has 2 aromatic rings. The van der Waals surface area contributed by atoms with Crippen LogP contribution < -0.4 is 4.90 Å². The predicted molar refractivity (Wildman–Crippen MR) is 97.5 cm³/mol. The summed E-state index contributed by atoms with van der Waals surface area (Å²) < 4.78 is 6.18. The zero-order chi connectivity index (χ0) is 18.7. The second-order valence-corrected chi connectivity index (χ2v) is 6.83. The first-order valence-corrected chi connectivity index (χ1v) is 8.69. The molecule has 7 nitrogen and oxygen atoms in total. The molecule has 0 radical (unpaired) electrons. The summed E-state index contributed by atoms with van der Waals surface area (Å²) in [5.41, 5.74) is 1.37. The van der Waals surface area contributed by atoms with Crippen LogP contribution in [0.15, 0.2) is 53.0 Å². The lowest BCUT2D eigenvalue weighted by molar-refractivity contribution is -0.384. The van der Waals surface area contributed by atoms with Crippen molar-refractivity contribution in [1.82, 2.24) is 0 Å². The average molecular weight is 419 g/mol. The molecule has 0 spiro atoms. The summed E-state index contributed by atoms with van der Waals surface area (Å²) in [4.78, 5) is 36.2. The Kier molecular flexibility index (Phi) is 5.32. The van der Waals surface area contributed by atoms with Gasteiger partial charge in [0.25, 0.3) is 5.69 Å². The molecule has 2 aromatic carbocycles. The van der Waals surface area contributed by atoms with Crippen molar-refractivity contribution in [3.63, 3.8) is 0 Å². The van der Waals surface area contributed by atoms with Crippen LogP contribution >= 0.6 is 15.9 Å². The minimum absolute atomic E-state index is 0.0137. The van der Waals surface area contributed by atoms with E-state index in [1.165, 1.54) is 12.1 Å². The van der Waals surface area contributed by atoms with E-state index in [0.29, 0.717) is 5.56 Å². The number of esters is 1. The van der Waals surface area contributed by atoms with Crippen LogP contribution in [0.25, 0.3) is 0 Å². The van der Waals surface area contributed by atoms with Crippen molar-refractivity contribution in [2.75, 3.05) is 11.4 Å². The number of carbonyl (C=O) groups excluding carboxylic acids is 2. The maximum absolute atomic E-state index is 12.3. The van der Waals surface area contributed by atoms with Gasteiger partial charge in [0, 0.05) is 35.3 Å². The molecule has 1 heterocycles. The highest BCUT2D eigenvalue weighted by atomic mass is 79.9. The van der Waals surface area contributed by atoms with Gasteiger partial charge >= 0.3 is 5.97 Å². The maximum Gasteiger partial charge on any atom is 0.311 e. The zero-order valence-corrected chi connectivity index (χ0v) is 15.2. The molecule has 134 valence electrons. The molecule has 1 atom stereocenters. The van der Waals surface area contributed by atoms with Gasteiger partial charge < -0.3 is 9.64 Å². The lowest BCUT2D eigenvalue weighted by atomic mass is 10.1. The average Bonchev–Trinajstić information content (AvgIpc) is 3.02. The van der Waals surface area contributed by atoms with E-state index in [9.17, 15) is 19.7 Å². The highest BCUT2D eigenvalue weighted by Crippen LogP contribution is 2.27. The SMILES string of the molecule is O=C(OCc1ccc([N+](=O)[O-])cc1)[C@@H]1CC(=O)N(c2ccc(Br)cc2)C1. The Labute approximate surface area is 157 Å². The zero-order valence-electron chi connectivity index (χ0n) is 13.6. The molecular weight excluding hydrogens is 404 g/mol. The largest absolute Gasteiger partial charge is 0.461 e. The van der Waals surface area contributed by atoms with Crippen LogP contribution in [0.5, 0.6) is 0 Å². The number of anilines is 1. The number of nitro groups is 1. The van der Waals surface area contributed by atoms with Crippen molar-refractivity contribution in [3.05, 3.63) is 68.7 Å². The molecule has 1 saturated heterocycles. The first-order chi connectivity index (χ1) is 12.4. The molecule has 8 heteroatoms. The number of nitrogens with zero attached hydrogens (tertiary/aromatic N) is 2. The topological polar surface area (TPSA) is 89.7 Å². The second-order valence-electron chi connectivity index (χ2n) is 5.91. The van der Waals surface area contributed by atoms with Crippen LogP contribution in [0.3, 0.4) is 0 Å². The molecule has 1 fully saturated rings. The first-order valence-electron chi connectivity index (χ1n) is 7.90. The Bertz CT molecular complexity index is 836. The van der Waals surface area contributed by atoms with Gasteiger partial charge in [-0.05, 0) is 42.0 Å². The molecule has 0 N–H and O–H groups in total. The molecule has 0 saturated carbocycles. The summed E-state index contributed by atoms with van der Waals surface area (Å²) >= 11 is 3.34. The number of nitro benzene ring substituents is 1. The molecule has 26 heavy (non-hydrogen) atoms. The molecular formula is C18H15BrN2O5. The number of halogens is 1. The second kappa shape index (κ2) is 7.65. The highest BCUT2D eigenvalue weighted by molar-refractivity contribution is 9.10. The van der Waals surface area contributed by atoms with Gasteiger partial charge in [-0.3, -0.25) is 19.7 Å². The standard InChI is InChI=1S/C18H15BrN2O5/c19-14-3-7-15(8-4-14)20-10-13(9-17(20)22)18(23)26-11-12-1-5-16(6-2-12)21(24)25/h1-8,13H,9-11H2/t13-/m1/s1. The van der Waals surface area contributed by atoms with Crippen LogP contribution in [-0.2, 0) is 20.9 Å². The van der Waals surface area contributed by atoms with Crippen molar-refractivity contribution >= 4 is 39.2 Å². The fourth-order valence-electron chi connectivity index (χ4n) is 2.72. The number of rotatable bonds is 5. The van der Waals surface area contributed by atoms with Gasteiger partial charge in [-0.25, -0.2) is 0 Å². The minimum atomic E-state index is -0.524. The Balaban J connectivity index is 1.57. The number of carbonyl (C=O) groups is 2. The highest BCUT2D eigenvalue weighted by Gasteiger charge is 2.36. The van der Waals surface area contributed by atoms with Gasteiger partial charge in [-0.2, -0.15) is 0 Å². The van der Waals surface area contributed by atoms with Gasteiger partial charge in [-0.1, -0.05) is 15.9 Å². The smallest absolute Gasteiger partial charge is 0.311 e. The van der Waals surface area contributed by atoms with E-state index in [2.05, 4.69) is 15.9 Å². The Morgan fingerprint density at radius 2 is 1.85 bits per heavy atom. The third-order valence-electron chi connectivity index (χ3n) is 4.12. The van der Waals surface area contributed by atoms with E-state index in [-0.39, 0.29) is 31.2 Å². The predicted octanol–water partition coefficient (Wildman–Crippen LogP) is 3.45. The molecule has 1 amide bonds. The van der Waals surface area contributed by atoms with Crippen LogP contribution in [0.1, 0.15) is 12.0 Å². The van der Waals surface area contributed by atoms with Crippen LogP contribution in [0.4, 0.5) is 11.4 Å². The van der Waals surface area contributed by atoms with Crippen molar-refractivity contribution in [1.29, 1.82) is 0 Å². The molecule has 0 aromatic heterocycles. The van der Waals surface area contributed by atoms with Gasteiger partial charge in [0.1, 0.15) is 6.61 Å². The van der Waals surface area contributed by atoms with E-state index in [1.807, 2.05) is 24.3 Å². The number of amides is 1. The quantitative estimate of drug-likeness (QED) is 0.421. The number of hydrogen-bond acceptors (Lipinski definition) is 5. The van der Waals surface area contributed by atoms with E-state index >= 15 is 0 Å². The van der Waals surface area contributed by atoms with Crippen molar-refractivity contribution in [2.24, 2.45) is 5.92 Å². The lowest BCUT2D eigenvalue weighted by Crippen LogP contribution is -2.26. The summed E-state index contributed by atoms with van der Waals surface area (Å²) in [5, 5.41) is 10.6. The first kappa shape index (κ1) is 18.1. The van der Waals surface area contributed by atoms with Gasteiger partial charge in [-0.15, -0.1) is 0 Å². The van der Waals surface area contributed by atoms with Gasteiger partial charge in [0.05, 0.1) is 10.8 Å². The molecule has 3 rings (SSSR count). The van der Waals surface area contributed by atoms with Crippen LogP contribution in [0.2, 0.25) is 0 Å². The normalized spacial score (nSPS) is 16.6.